The van der Waals surface area contributed by atoms with Gasteiger partial charge in [-0.05, 0) is 23.8 Å². The highest BCUT2D eigenvalue weighted by molar-refractivity contribution is 6.30. The largest absolute Gasteiger partial charge is 0.489 e. The van der Waals surface area contributed by atoms with Crippen LogP contribution < -0.4 is 20.3 Å². The maximum absolute atomic E-state index is 12.8. The molecule has 0 radical (unpaired) electrons. The molecule has 3 N–H and O–H groups in total. The number of halogens is 1. The molecule has 1 amide bonds. The molecule has 0 bridgehead atoms. The number of rotatable bonds is 5. The molecule has 8 nitrogen and oxygen atoms in total. The van der Waals surface area contributed by atoms with E-state index in [0.29, 0.717) is 47.4 Å². The fourth-order valence-electron chi connectivity index (χ4n) is 3.33. The normalized spacial score (nSPS) is 14.7. The van der Waals surface area contributed by atoms with Gasteiger partial charge < -0.3 is 25.4 Å². The number of aliphatic carboxylic acids is 1. The molecule has 2 aliphatic heterocycles. The highest BCUT2D eigenvalue weighted by Gasteiger charge is 2.29. The standard InChI is InChI=1S/C20H19ClN4O4/c21-14-3-1-12(2-4-14)8-24-20(28)13-7-15-18-16(22-5-6-29-18)9-23-19(15)25(10-13)11-17(26)27/h1-4,7,9,22H,5-6,8,10-11H2,(H,24,28)(H,26,27). The summed E-state index contributed by atoms with van der Waals surface area (Å²) in [5, 5.41) is 16.0. The van der Waals surface area contributed by atoms with Crippen LogP contribution in [0, 0.1) is 0 Å². The summed E-state index contributed by atoms with van der Waals surface area (Å²) in [5.74, 6) is -0.205. The predicted octanol–water partition coefficient (Wildman–Crippen LogP) is 2.14. The first-order valence-corrected chi connectivity index (χ1v) is 9.48. The van der Waals surface area contributed by atoms with Gasteiger partial charge in [-0.1, -0.05) is 23.7 Å². The fourth-order valence-corrected chi connectivity index (χ4v) is 3.46. The lowest BCUT2D eigenvalue weighted by Gasteiger charge is -2.31. The van der Waals surface area contributed by atoms with Gasteiger partial charge >= 0.3 is 5.97 Å². The molecule has 9 heteroatoms. The Morgan fingerprint density at radius 2 is 2.10 bits per heavy atom. The molecule has 1 aromatic heterocycles. The van der Waals surface area contributed by atoms with Gasteiger partial charge in [0.1, 0.15) is 19.0 Å². The van der Waals surface area contributed by atoms with Crippen LogP contribution in [0.15, 0.2) is 36.0 Å². The van der Waals surface area contributed by atoms with E-state index in [2.05, 4.69) is 15.6 Å². The molecule has 150 valence electrons. The van der Waals surface area contributed by atoms with Gasteiger partial charge in [0.2, 0.25) is 5.91 Å². The molecular formula is C20H19ClN4O4. The number of aromatic nitrogens is 1. The number of ether oxygens (including phenoxy) is 1. The van der Waals surface area contributed by atoms with Crippen molar-refractivity contribution in [3.63, 3.8) is 0 Å². The number of anilines is 2. The van der Waals surface area contributed by atoms with Crippen molar-refractivity contribution < 1.29 is 19.4 Å². The summed E-state index contributed by atoms with van der Waals surface area (Å²) in [7, 11) is 0. The second-order valence-electron chi connectivity index (χ2n) is 6.74. The Kier molecular flexibility index (Phi) is 5.26. The van der Waals surface area contributed by atoms with Gasteiger partial charge in [-0.3, -0.25) is 9.59 Å². The third-order valence-electron chi connectivity index (χ3n) is 4.67. The molecule has 2 aliphatic rings. The first-order chi connectivity index (χ1) is 14.0. The molecule has 1 aromatic carbocycles. The van der Waals surface area contributed by atoms with Crippen LogP contribution in [-0.4, -0.2) is 48.2 Å². The number of carbonyl (C=O) groups is 2. The molecule has 0 unspecified atom stereocenters. The van der Waals surface area contributed by atoms with Crippen LogP contribution in [0.1, 0.15) is 11.1 Å². The van der Waals surface area contributed by atoms with E-state index in [-0.39, 0.29) is 19.0 Å². The van der Waals surface area contributed by atoms with Crippen molar-refractivity contribution in [1.29, 1.82) is 0 Å². The summed E-state index contributed by atoms with van der Waals surface area (Å²) in [6, 6.07) is 7.19. The second-order valence-corrected chi connectivity index (χ2v) is 7.18. The summed E-state index contributed by atoms with van der Waals surface area (Å²) in [6.45, 7) is 1.35. The molecule has 2 aromatic rings. The van der Waals surface area contributed by atoms with Crippen LogP contribution in [0.4, 0.5) is 11.5 Å². The zero-order valence-corrected chi connectivity index (χ0v) is 16.2. The van der Waals surface area contributed by atoms with Crippen molar-refractivity contribution in [2.24, 2.45) is 0 Å². The quantitative estimate of drug-likeness (QED) is 0.688. The lowest BCUT2D eigenvalue weighted by Crippen LogP contribution is -2.39. The third-order valence-corrected chi connectivity index (χ3v) is 4.93. The summed E-state index contributed by atoms with van der Waals surface area (Å²) in [4.78, 5) is 30.1. The number of hydrogen-bond acceptors (Lipinski definition) is 6. The van der Waals surface area contributed by atoms with E-state index in [1.54, 1.807) is 29.3 Å². The Balaban J connectivity index is 1.61. The molecule has 0 atom stereocenters. The lowest BCUT2D eigenvalue weighted by molar-refractivity contribution is -0.135. The van der Waals surface area contributed by atoms with Gasteiger partial charge in [-0.2, -0.15) is 0 Å². The van der Waals surface area contributed by atoms with Gasteiger partial charge in [0.05, 0.1) is 24.0 Å². The number of hydrogen-bond donors (Lipinski definition) is 3. The van der Waals surface area contributed by atoms with E-state index in [4.69, 9.17) is 16.3 Å². The Morgan fingerprint density at radius 3 is 2.86 bits per heavy atom. The minimum Gasteiger partial charge on any atom is -0.489 e. The summed E-state index contributed by atoms with van der Waals surface area (Å²) in [6.07, 6.45) is 3.35. The summed E-state index contributed by atoms with van der Waals surface area (Å²) >= 11 is 5.89. The Hall–Kier alpha value is -3.26. The predicted molar refractivity (Wildman–Crippen MR) is 109 cm³/mol. The topological polar surface area (TPSA) is 104 Å². The molecule has 0 saturated heterocycles. The van der Waals surface area contributed by atoms with Crippen LogP contribution in [0.5, 0.6) is 5.75 Å². The number of carboxylic acids is 1. The van der Waals surface area contributed by atoms with Gasteiger partial charge in [-0.25, -0.2) is 4.98 Å². The summed E-state index contributed by atoms with van der Waals surface area (Å²) < 4.78 is 5.78. The highest BCUT2D eigenvalue weighted by Crippen LogP contribution is 2.40. The number of carboxylic acid groups (broad SMARTS) is 1. The van der Waals surface area contributed by atoms with Crippen LogP contribution >= 0.6 is 11.6 Å². The van der Waals surface area contributed by atoms with Gasteiger partial charge in [-0.15, -0.1) is 0 Å². The van der Waals surface area contributed by atoms with Crippen molar-refractivity contribution in [2.45, 2.75) is 6.54 Å². The molecular weight excluding hydrogens is 396 g/mol. The zero-order chi connectivity index (χ0) is 20.4. The number of fused-ring (bicyclic) bond motifs is 3. The van der Waals surface area contributed by atoms with Crippen molar-refractivity contribution in [3.8, 4) is 5.75 Å². The van der Waals surface area contributed by atoms with E-state index in [9.17, 15) is 14.7 Å². The van der Waals surface area contributed by atoms with E-state index in [1.807, 2.05) is 12.1 Å². The molecule has 0 fully saturated rings. The van der Waals surface area contributed by atoms with Crippen molar-refractivity contribution in [3.05, 3.63) is 52.2 Å². The van der Waals surface area contributed by atoms with Crippen LogP contribution in [0.2, 0.25) is 5.02 Å². The average Bonchev–Trinajstić information content (AvgIpc) is 2.72. The van der Waals surface area contributed by atoms with Crippen molar-refractivity contribution in [2.75, 3.05) is 36.5 Å². The van der Waals surface area contributed by atoms with Crippen LogP contribution in [0.3, 0.4) is 0 Å². The lowest BCUT2D eigenvalue weighted by atomic mass is 10.0. The van der Waals surface area contributed by atoms with E-state index in [1.165, 1.54) is 0 Å². The number of nitrogens with one attached hydrogen (secondary N) is 2. The first kappa shape index (κ1) is 19.1. The number of benzene rings is 1. The van der Waals surface area contributed by atoms with Crippen molar-refractivity contribution >= 4 is 41.1 Å². The summed E-state index contributed by atoms with van der Waals surface area (Å²) in [5.41, 5.74) is 2.69. The third kappa shape index (κ3) is 4.12. The highest BCUT2D eigenvalue weighted by atomic mass is 35.5. The monoisotopic (exact) mass is 414 g/mol. The minimum absolute atomic E-state index is 0.144. The second kappa shape index (κ2) is 8.00. The van der Waals surface area contributed by atoms with E-state index in [0.717, 1.165) is 11.3 Å². The maximum Gasteiger partial charge on any atom is 0.323 e. The molecule has 0 saturated carbocycles. The Labute approximate surface area is 172 Å². The fraction of sp³-hybridized carbons (Fsp3) is 0.250. The van der Waals surface area contributed by atoms with Crippen molar-refractivity contribution in [1.82, 2.24) is 10.3 Å². The number of amides is 1. The zero-order valence-electron chi connectivity index (χ0n) is 15.4. The van der Waals surface area contributed by atoms with Crippen LogP contribution in [-0.2, 0) is 16.1 Å². The van der Waals surface area contributed by atoms with E-state index < -0.39 is 5.97 Å². The van der Waals surface area contributed by atoms with Gasteiger partial charge in [0, 0.05) is 23.7 Å². The Morgan fingerprint density at radius 1 is 1.31 bits per heavy atom. The molecule has 4 rings (SSSR count). The maximum atomic E-state index is 12.8. The van der Waals surface area contributed by atoms with Gasteiger partial charge in [0.15, 0.2) is 5.75 Å². The Bertz CT molecular complexity index is 991. The smallest absolute Gasteiger partial charge is 0.323 e. The average molecular weight is 415 g/mol. The van der Waals surface area contributed by atoms with E-state index >= 15 is 0 Å². The number of pyridine rings is 1. The van der Waals surface area contributed by atoms with Gasteiger partial charge in [0.25, 0.3) is 0 Å². The molecule has 29 heavy (non-hydrogen) atoms. The number of carbonyl (C=O) groups excluding carboxylic acids is 1. The first-order valence-electron chi connectivity index (χ1n) is 9.11. The molecule has 3 heterocycles. The SMILES string of the molecule is O=C(O)CN1CC(C(=O)NCc2ccc(Cl)cc2)=Cc2c1ncc1c2OCCN1. The number of nitrogens with zero attached hydrogens (tertiary/aromatic N) is 2. The molecule has 0 aliphatic carbocycles. The molecule has 0 spiro atoms. The minimum atomic E-state index is -1.00. The van der Waals surface area contributed by atoms with Crippen LogP contribution in [0.25, 0.3) is 6.08 Å².